The predicted octanol–water partition coefficient (Wildman–Crippen LogP) is 2.82. The maximum atomic E-state index is 12.3. The quantitative estimate of drug-likeness (QED) is 0.872. The number of benzene rings is 2. The highest BCUT2D eigenvalue weighted by atomic mass is 16.7. The second kappa shape index (κ2) is 7.19. The van der Waals surface area contributed by atoms with Gasteiger partial charge < -0.3 is 19.7 Å². The van der Waals surface area contributed by atoms with Gasteiger partial charge in [-0.15, -0.1) is 0 Å². The fourth-order valence-electron chi connectivity index (χ4n) is 3.44. The number of hydrogen-bond acceptors (Lipinski definition) is 5. The fraction of sp³-hybridized carbons (Fsp3) is 0.300. The number of anilines is 2. The molecule has 0 radical (unpaired) electrons. The Hall–Kier alpha value is -3.22. The van der Waals surface area contributed by atoms with Crippen molar-refractivity contribution in [3.63, 3.8) is 0 Å². The summed E-state index contributed by atoms with van der Waals surface area (Å²) in [6.07, 6.45) is 2.01. The van der Waals surface area contributed by atoms with Crippen LogP contribution in [0.15, 0.2) is 36.4 Å². The van der Waals surface area contributed by atoms with Crippen molar-refractivity contribution >= 4 is 23.3 Å². The first-order valence-corrected chi connectivity index (χ1v) is 8.93. The molecule has 2 aliphatic rings. The smallest absolute Gasteiger partial charge is 0.325 e. The van der Waals surface area contributed by atoms with Crippen LogP contribution in [-0.2, 0) is 11.2 Å². The summed E-state index contributed by atoms with van der Waals surface area (Å²) in [7, 11) is 0. The van der Waals surface area contributed by atoms with Crippen molar-refractivity contribution in [1.82, 2.24) is 5.32 Å². The molecule has 27 heavy (non-hydrogen) atoms. The Labute approximate surface area is 157 Å². The summed E-state index contributed by atoms with van der Waals surface area (Å²) in [6.45, 7) is 3.17. The van der Waals surface area contributed by atoms with E-state index >= 15 is 0 Å². The third-order valence-corrected chi connectivity index (χ3v) is 4.67. The van der Waals surface area contributed by atoms with Gasteiger partial charge in [0.1, 0.15) is 0 Å². The number of carbonyl (C=O) groups is 2. The molecule has 0 bridgehead atoms. The Morgan fingerprint density at radius 2 is 1.96 bits per heavy atom. The number of ether oxygens (including phenoxy) is 2. The molecular formula is C20H21N3O4. The number of urea groups is 1. The molecule has 7 nitrogen and oxygen atoms in total. The van der Waals surface area contributed by atoms with E-state index in [-0.39, 0.29) is 19.2 Å². The molecule has 0 fully saturated rings. The highest BCUT2D eigenvalue weighted by Crippen LogP contribution is 2.34. The first-order chi connectivity index (χ1) is 13.1. The highest BCUT2D eigenvalue weighted by Gasteiger charge is 2.20. The van der Waals surface area contributed by atoms with Crippen molar-refractivity contribution in [2.24, 2.45) is 0 Å². The van der Waals surface area contributed by atoms with E-state index in [4.69, 9.17) is 9.47 Å². The van der Waals surface area contributed by atoms with Crippen LogP contribution in [0.4, 0.5) is 16.2 Å². The zero-order valence-electron chi connectivity index (χ0n) is 15.1. The molecule has 0 aromatic heterocycles. The van der Waals surface area contributed by atoms with Crippen LogP contribution in [0.25, 0.3) is 0 Å². The number of carbonyl (C=O) groups excluding carboxylic acids is 2. The van der Waals surface area contributed by atoms with E-state index in [1.165, 1.54) is 11.1 Å². The highest BCUT2D eigenvalue weighted by molar-refractivity contribution is 6.02. The van der Waals surface area contributed by atoms with E-state index in [9.17, 15) is 9.59 Å². The Morgan fingerprint density at radius 3 is 2.85 bits per heavy atom. The molecule has 0 saturated heterocycles. The normalized spacial score (nSPS) is 14.5. The van der Waals surface area contributed by atoms with Crippen LogP contribution in [-0.4, -0.2) is 31.8 Å². The number of amides is 3. The topological polar surface area (TPSA) is 79.9 Å². The Bertz CT molecular complexity index is 897. The lowest BCUT2D eigenvalue weighted by Crippen LogP contribution is -2.43. The van der Waals surface area contributed by atoms with E-state index in [0.717, 1.165) is 25.1 Å². The average Bonchev–Trinajstić information content (AvgIpc) is 3.09. The van der Waals surface area contributed by atoms with Crippen molar-refractivity contribution in [3.05, 3.63) is 47.5 Å². The summed E-state index contributed by atoms with van der Waals surface area (Å²) in [6, 6.07) is 10.7. The molecule has 140 valence electrons. The molecule has 0 spiro atoms. The van der Waals surface area contributed by atoms with Crippen molar-refractivity contribution in [2.75, 3.05) is 30.1 Å². The molecule has 2 aromatic carbocycles. The predicted molar refractivity (Wildman–Crippen MR) is 101 cm³/mol. The molecule has 4 rings (SSSR count). The molecule has 7 heteroatoms. The zero-order valence-corrected chi connectivity index (χ0v) is 15.1. The van der Waals surface area contributed by atoms with Gasteiger partial charge in [-0.05, 0) is 43.5 Å². The van der Waals surface area contributed by atoms with Gasteiger partial charge in [-0.2, -0.15) is 0 Å². The molecule has 3 amide bonds. The van der Waals surface area contributed by atoms with Crippen molar-refractivity contribution < 1.29 is 19.1 Å². The number of aryl methyl sites for hydroxylation is 2. The molecule has 2 heterocycles. The van der Waals surface area contributed by atoms with Crippen LogP contribution in [0.1, 0.15) is 17.5 Å². The van der Waals surface area contributed by atoms with Crippen LogP contribution in [0.2, 0.25) is 0 Å². The van der Waals surface area contributed by atoms with Gasteiger partial charge in [0.25, 0.3) is 0 Å². The first-order valence-electron chi connectivity index (χ1n) is 8.93. The number of fused-ring (bicyclic) bond motifs is 2. The molecular weight excluding hydrogens is 346 g/mol. The van der Waals surface area contributed by atoms with E-state index in [2.05, 4.69) is 23.6 Å². The number of hydrogen-bond donors (Lipinski definition) is 2. The molecule has 2 N–H and O–H groups in total. The fourth-order valence-corrected chi connectivity index (χ4v) is 3.44. The maximum absolute atomic E-state index is 12.3. The summed E-state index contributed by atoms with van der Waals surface area (Å²) in [5.74, 6) is 0.858. The molecule has 2 aromatic rings. The van der Waals surface area contributed by atoms with Crippen molar-refractivity contribution in [1.29, 1.82) is 0 Å². The molecule has 0 saturated carbocycles. The standard InChI is InChI=1S/C20H21N3O4/c1-13-4-6-16-14(9-13)3-2-8-23(16)11-19(24)22-20(25)21-15-5-7-17-18(10-15)27-12-26-17/h4-7,9-10H,2-3,8,11-12H2,1H3,(H2,21,22,24,25). The van der Waals surface area contributed by atoms with Crippen LogP contribution in [0, 0.1) is 6.92 Å². The summed E-state index contributed by atoms with van der Waals surface area (Å²) in [5.41, 5.74) is 4.06. The van der Waals surface area contributed by atoms with Gasteiger partial charge in [-0.3, -0.25) is 10.1 Å². The second-order valence-electron chi connectivity index (χ2n) is 6.73. The minimum absolute atomic E-state index is 0.143. The first kappa shape index (κ1) is 17.2. The van der Waals surface area contributed by atoms with E-state index in [1.54, 1.807) is 18.2 Å². The number of nitrogens with one attached hydrogen (secondary N) is 2. The Balaban J connectivity index is 1.35. The Kier molecular flexibility index (Phi) is 4.58. The van der Waals surface area contributed by atoms with E-state index < -0.39 is 6.03 Å². The van der Waals surface area contributed by atoms with E-state index in [0.29, 0.717) is 17.2 Å². The summed E-state index contributed by atoms with van der Waals surface area (Å²) < 4.78 is 10.5. The summed E-state index contributed by atoms with van der Waals surface area (Å²) in [5, 5.41) is 5.02. The van der Waals surface area contributed by atoms with Crippen LogP contribution in [0.5, 0.6) is 11.5 Å². The van der Waals surface area contributed by atoms with Gasteiger partial charge in [0.2, 0.25) is 12.7 Å². The van der Waals surface area contributed by atoms with Gasteiger partial charge in [0.05, 0.1) is 6.54 Å². The number of nitrogens with zero attached hydrogens (tertiary/aromatic N) is 1. The van der Waals surface area contributed by atoms with Crippen LogP contribution < -0.4 is 25.0 Å². The lowest BCUT2D eigenvalue weighted by molar-refractivity contribution is -0.118. The van der Waals surface area contributed by atoms with Gasteiger partial charge in [-0.1, -0.05) is 17.7 Å². The lowest BCUT2D eigenvalue weighted by Gasteiger charge is -2.30. The SMILES string of the molecule is Cc1ccc2c(c1)CCCN2CC(=O)NC(=O)Nc1ccc2c(c1)OCO2. The second-order valence-corrected chi connectivity index (χ2v) is 6.73. The monoisotopic (exact) mass is 367 g/mol. The minimum Gasteiger partial charge on any atom is -0.454 e. The van der Waals surface area contributed by atoms with Gasteiger partial charge in [-0.25, -0.2) is 4.79 Å². The third-order valence-electron chi connectivity index (χ3n) is 4.67. The van der Waals surface area contributed by atoms with Gasteiger partial charge in [0.15, 0.2) is 11.5 Å². The number of imide groups is 1. The van der Waals surface area contributed by atoms with E-state index in [1.807, 2.05) is 17.0 Å². The zero-order chi connectivity index (χ0) is 18.8. The minimum atomic E-state index is -0.569. The maximum Gasteiger partial charge on any atom is 0.325 e. The third kappa shape index (κ3) is 3.81. The molecule has 0 aliphatic carbocycles. The Morgan fingerprint density at radius 1 is 1.11 bits per heavy atom. The number of rotatable bonds is 3. The molecule has 0 unspecified atom stereocenters. The van der Waals surface area contributed by atoms with Crippen molar-refractivity contribution in [3.8, 4) is 11.5 Å². The molecule has 0 atom stereocenters. The van der Waals surface area contributed by atoms with Crippen molar-refractivity contribution in [2.45, 2.75) is 19.8 Å². The lowest BCUT2D eigenvalue weighted by atomic mass is 9.99. The molecule has 2 aliphatic heterocycles. The average molecular weight is 367 g/mol. The summed E-state index contributed by atoms with van der Waals surface area (Å²) in [4.78, 5) is 26.5. The largest absolute Gasteiger partial charge is 0.454 e. The summed E-state index contributed by atoms with van der Waals surface area (Å²) >= 11 is 0. The van der Waals surface area contributed by atoms with Crippen LogP contribution in [0.3, 0.4) is 0 Å². The van der Waals surface area contributed by atoms with Crippen LogP contribution >= 0.6 is 0 Å². The van der Waals surface area contributed by atoms with Gasteiger partial charge in [0, 0.05) is 24.0 Å². The van der Waals surface area contributed by atoms with Gasteiger partial charge >= 0.3 is 6.03 Å².